The van der Waals surface area contributed by atoms with Crippen LogP contribution in [0.15, 0.2) is 72.8 Å². The number of rotatable bonds is 5. The van der Waals surface area contributed by atoms with E-state index in [9.17, 15) is 0 Å². The smallest absolute Gasteiger partial charge is 0.0422 e. The minimum Gasteiger partial charge on any atom is -0.381 e. The van der Waals surface area contributed by atoms with Crippen LogP contribution in [-0.2, 0) is 6.42 Å². The van der Waals surface area contributed by atoms with Crippen LogP contribution in [0, 0.1) is 0 Å². The van der Waals surface area contributed by atoms with E-state index in [2.05, 4.69) is 85.0 Å². The summed E-state index contributed by atoms with van der Waals surface area (Å²) in [7, 11) is 0. The van der Waals surface area contributed by atoms with Crippen molar-refractivity contribution in [2.75, 3.05) is 5.32 Å². The molecule has 0 aliphatic carbocycles. The molecule has 1 nitrogen and oxygen atoms in total. The lowest BCUT2D eigenvalue weighted by atomic mass is 10.0. The SMILES string of the molecule is CCC(Cc1ccccc1)Nc1cccc2ccccc12. The van der Waals surface area contributed by atoms with Crippen LogP contribution in [-0.4, -0.2) is 6.04 Å². The Bertz CT molecular complexity index is 698. The van der Waals surface area contributed by atoms with Gasteiger partial charge in [-0.25, -0.2) is 0 Å². The van der Waals surface area contributed by atoms with E-state index in [1.54, 1.807) is 0 Å². The van der Waals surface area contributed by atoms with Gasteiger partial charge in [0.1, 0.15) is 0 Å². The molecule has 0 aromatic heterocycles. The Hall–Kier alpha value is -2.28. The van der Waals surface area contributed by atoms with Gasteiger partial charge in [0.25, 0.3) is 0 Å². The highest BCUT2D eigenvalue weighted by molar-refractivity contribution is 5.93. The highest BCUT2D eigenvalue weighted by Gasteiger charge is 2.09. The summed E-state index contributed by atoms with van der Waals surface area (Å²) in [6.07, 6.45) is 2.17. The topological polar surface area (TPSA) is 12.0 Å². The van der Waals surface area contributed by atoms with E-state index in [0.29, 0.717) is 6.04 Å². The minimum absolute atomic E-state index is 0.457. The Balaban J connectivity index is 1.82. The first-order chi connectivity index (χ1) is 10.4. The maximum Gasteiger partial charge on any atom is 0.0422 e. The zero-order valence-electron chi connectivity index (χ0n) is 12.4. The fourth-order valence-electron chi connectivity index (χ4n) is 2.77. The van der Waals surface area contributed by atoms with Crippen LogP contribution in [0.4, 0.5) is 5.69 Å². The Morgan fingerprint density at radius 1 is 0.810 bits per heavy atom. The van der Waals surface area contributed by atoms with Gasteiger partial charge in [0.05, 0.1) is 0 Å². The summed E-state index contributed by atoms with van der Waals surface area (Å²) in [5.41, 5.74) is 2.62. The first-order valence-electron chi connectivity index (χ1n) is 7.65. The van der Waals surface area contributed by atoms with Gasteiger partial charge in [-0.2, -0.15) is 0 Å². The van der Waals surface area contributed by atoms with Crippen molar-refractivity contribution < 1.29 is 0 Å². The molecule has 0 heterocycles. The van der Waals surface area contributed by atoms with Crippen LogP contribution in [0.3, 0.4) is 0 Å². The van der Waals surface area contributed by atoms with Gasteiger partial charge in [-0.15, -0.1) is 0 Å². The van der Waals surface area contributed by atoms with Gasteiger partial charge in [0.15, 0.2) is 0 Å². The largest absolute Gasteiger partial charge is 0.381 e. The van der Waals surface area contributed by atoms with Crippen molar-refractivity contribution >= 4 is 16.5 Å². The highest BCUT2D eigenvalue weighted by Crippen LogP contribution is 2.24. The van der Waals surface area contributed by atoms with Crippen molar-refractivity contribution in [1.82, 2.24) is 0 Å². The van der Waals surface area contributed by atoms with E-state index in [1.165, 1.54) is 22.0 Å². The molecule has 0 saturated heterocycles. The van der Waals surface area contributed by atoms with Crippen molar-refractivity contribution in [3.8, 4) is 0 Å². The van der Waals surface area contributed by atoms with Crippen molar-refractivity contribution in [1.29, 1.82) is 0 Å². The zero-order chi connectivity index (χ0) is 14.5. The van der Waals surface area contributed by atoms with E-state index in [4.69, 9.17) is 0 Å². The van der Waals surface area contributed by atoms with Gasteiger partial charge in [0, 0.05) is 17.1 Å². The summed E-state index contributed by atoms with van der Waals surface area (Å²) in [6, 6.07) is 26.2. The molecule has 0 aliphatic heterocycles. The van der Waals surface area contributed by atoms with Crippen molar-refractivity contribution in [3.63, 3.8) is 0 Å². The molecule has 0 aliphatic rings. The molecular formula is C20H21N. The molecule has 0 amide bonds. The summed E-state index contributed by atoms with van der Waals surface area (Å²) in [6.45, 7) is 2.24. The summed E-state index contributed by atoms with van der Waals surface area (Å²) in [5, 5.41) is 6.31. The lowest BCUT2D eigenvalue weighted by Crippen LogP contribution is -2.21. The van der Waals surface area contributed by atoms with Crippen LogP contribution in [0.1, 0.15) is 18.9 Å². The molecule has 0 fully saturated rings. The average molecular weight is 275 g/mol. The quantitative estimate of drug-likeness (QED) is 0.668. The van der Waals surface area contributed by atoms with Crippen molar-refractivity contribution in [3.05, 3.63) is 78.4 Å². The van der Waals surface area contributed by atoms with Crippen molar-refractivity contribution in [2.24, 2.45) is 0 Å². The normalized spacial score (nSPS) is 12.2. The van der Waals surface area contributed by atoms with Gasteiger partial charge in [-0.3, -0.25) is 0 Å². The third-order valence-corrected chi connectivity index (χ3v) is 3.97. The number of nitrogens with one attached hydrogen (secondary N) is 1. The van der Waals surface area contributed by atoms with E-state index in [0.717, 1.165) is 12.8 Å². The van der Waals surface area contributed by atoms with Gasteiger partial charge in [-0.1, -0.05) is 73.7 Å². The average Bonchev–Trinajstić information content (AvgIpc) is 2.55. The number of hydrogen-bond donors (Lipinski definition) is 1. The van der Waals surface area contributed by atoms with Gasteiger partial charge in [-0.05, 0) is 29.9 Å². The molecule has 3 aromatic rings. The Kier molecular flexibility index (Phi) is 4.20. The molecule has 1 atom stereocenters. The first kappa shape index (κ1) is 13.7. The van der Waals surface area contributed by atoms with Crippen LogP contribution >= 0.6 is 0 Å². The molecule has 1 unspecified atom stereocenters. The molecule has 21 heavy (non-hydrogen) atoms. The molecule has 0 spiro atoms. The van der Waals surface area contributed by atoms with Crippen molar-refractivity contribution in [2.45, 2.75) is 25.8 Å². The van der Waals surface area contributed by atoms with E-state index in [-0.39, 0.29) is 0 Å². The molecule has 0 bridgehead atoms. The zero-order valence-corrected chi connectivity index (χ0v) is 12.4. The van der Waals surface area contributed by atoms with E-state index < -0.39 is 0 Å². The fraction of sp³-hybridized carbons (Fsp3) is 0.200. The lowest BCUT2D eigenvalue weighted by Gasteiger charge is -2.20. The van der Waals surface area contributed by atoms with Crippen LogP contribution in [0.2, 0.25) is 0 Å². The monoisotopic (exact) mass is 275 g/mol. The molecule has 1 heteroatoms. The predicted octanol–water partition coefficient (Wildman–Crippen LogP) is 5.27. The summed E-state index contributed by atoms with van der Waals surface area (Å²) in [5.74, 6) is 0. The molecular weight excluding hydrogens is 254 g/mol. The maximum atomic E-state index is 3.72. The van der Waals surface area contributed by atoms with Gasteiger partial charge >= 0.3 is 0 Å². The van der Waals surface area contributed by atoms with E-state index in [1.807, 2.05) is 0 Å². The maximum absolute atomic E-state index is 3.72. The lowest BCUT2D eigenvalue weighted by molar-refractivity contribution is 0.691. The summed E-state index contributed by atoms with van der Waals surface area (Å²) in [4.78, 5) is 0. The molecule has 106 valence electrons. The third-order valence-electron chi connectivity index (χ3n) is 3.97. The number of fused-ring (bicyclic) bond motifs is 1. The Morgan fingerprint density at radius 2 is 1.52 bits per heavy atom. The molecule has 3 aromatic carbocycles. The third kappa shape index (κ3) is 3.25. The second kappa shape index (κ2) is 6.45. The summed E-state index contributed by atoms with van der Waals surface area (Å²) >= 11 is 0. The standard InChI is InChI=1S/C20H21N/c1-2-18(15-16-9-4-3-5-10-16)21-20-14-8-12-17-11-6-7-13-19(17)20/h3-14,18,21H,2,15H2,1H3. The molecule has 0 radical (unpaired) electrons. The van der Waals surface area contributed by atoms with Crippen LogP contribution in [0.25, 0.3) is 10.8 Å². The highest BCUT2D eigenvalue weighted by atomic mass is 14.9. The van der Waals surface area contributed by atoms with Crippen LogP contribution < -0.4 is 5.32 Å². The Morgan fingerprint density at radius 3 is 2.33 bits per heavy atom. The predicted molar refractivity (Wildman–Crippen MR) is 91.8 cm³/mol. The Labute approximate surface area is 126 Å². The van der Waals surface area contributed by atoms with Crippen LogP contribution in [0.5, 0.6) is 0 Å². The molecule has 0 saturated carbocycles. The van der Waals surface area contributed by atoms with Gasteiger partial charge < -0.3 is 5.32 Å². The fourth-order valence-corrected chi connectivity index (χ4v) is 2.77. The second-order valence-electron chi connectivity index (χ2n) is 5.47. The number of benzene rings is 3. The molecule has 1 N–H and O–H groups in total. The van der Waals surface area contributed by atoms with E-state index >= 15 is 0 Å². The number of anilines is 1. The second-order valence-corrected chi connectivity index (χ2v) is 5.47. The van der Waals surface area contributed by atoms with Gasteiger partial charge in [0.2, 0.25) is 0 Å². The molecule has 3 rings (SSSR count). The minimum atomic E-state index is 0.457. The number of hydrogen-bond acceptors (Lipinski definition) is 1. The first-order valence-corrected chi connectivity index (χ1v) is 7.65. The summed E-state index contributed by atoms with van der Waals surface area (Å²) < 4.78 is 0.